The van der Waals surface area contributed by atoms with Gasteiger partial charge in [-0.3, -0.25) is 4.98 Å². The van der Waals surface area contributed by atoms with Gasteiger partial charge in [-0.15, -0.1) is 13.2 Å². The van der Waals surface area contributed by atoms with E-state index in [9.17, 15) is 13.2 Å². The van der Waals surface area contributed by atoms with E-state index in [1.807, 2.05) is 11.9 Å². The summed E-state index contributed by atoms with van der Waals surface area (Å²) in [5.41, 5.74) is 0.809. The van der Waals surface area contributed by atoms with Crippen LogP contribution in [0, 0.1) is 0 Å². The molecule has 130 valence electrons. The molecule has 6 nitrogen and oxygen atoms in total. The van der Waals surface area contributed by atoms with Gasteiger partial charge in [-0.2, -0.15) is 5.10 Å². The lowest BCUT2D eigenvalue weighted by Crippen LogP contribution is -2.19. The number of halogens is 3. The van der Waals surface area contributed by atoms with Crippen molar-refractivity contribution < 1.29 is 17.9 Å². The van der Waals surface area contributed by atoms with Crippen molar-refractivity contribution in [2.45, 2.75) is 12.9 Å². The highest BCUT2D eigenvalue weighted by molar-refractivity contribution is 5.40. The highest BCUT2D eigenvalue weighted by Crippen LogP contribution is 2.23. The van der Waals surface area contributed by atoms with Crippen LogP contribution in [-0.2, 0) is 6.54 Å². The van der Waals surface area contributed by atoms with Gasteiger partial charge in [-0.05, 0) is 23.8 Å². The van der Waals surface area contributed by atoms with Gasteiger partial charge < -0.3 is 9.64 Å². The monoisotopic (exact) mass is 349 g/mol. The van der Waals surface area contributed by atoms with Crippen molar-refractivity contribution in [3.8, 4) is 11.6 Å². The average Bonchev–Trinajstić information content (AvgIpc) is 3.10. The van der Waals surface area contributed by atoms with E-state index in [2.05, 4.69) is 19.8 Å². The van der Waals surface area contributed by atoms with Crippen molar-refractivity contribution in [1.82, 2.24) is 19.7 Å². The molecule has 0 atom stereocenters. The van der Waals surface area contributed by atoms with Gasteiger partial charge in [0.15, 0.2) is 5.82 Å². The summed E-state index contributed by atoms with van der Waals surface area (Å²) in [4.78, 5) is 10.4. The van der Waals surface area contributed by atoms with Gasteiger partial charge in [-0.1, -0.05) is 12.1 Å². The third-order valence-electron chi connectivity index (χ3n) is 3.32. The van der Waals surface area contributed by atoms with Crippen molar-refractivity contribution >= 4 is 5.82 Å². The molecule has 0 aliphatic rings. The summed E-state index contributed by atoms with van der Waals surface area (Å²) in [5, 5.41) is 4.10. The Morgan fingerprint density at radius 1 is 1.16 bits per heavy atom. The lowest BCUT2D eigenvalue weighted by Gasteiger charge is -2.18. The maximum atomic E-state index is 12.2. The van der Waals surface area contributed by atoms with Gasteiger partial charge in [0.2, 0.25) is 0 Å². The highest BCUT2D eigenvalue weighted by Gasteiger charge is 2.30. The van der Waals surface area contributed by atoms with Crippen molar-refractivity contribution in [2.75, 3.05) is 11.9 Å². The summed E-state index contributed by atoms with van der Waals surface area (Å²) >= 11 is 0. The van der Waals surface area contributed by atoms with Gasteiger partial charge in [0.25, 0.3) is 0 Å². The second-order valence-corrected chi connectivity index (χ2v) is 5.23. The van der Waals surface area contributed by atoms with Crippen LogP contribution in [0.15, 0.2) is 55.1 Å². The zero-order valence-corrected chi connectivity index (χ0v) is 13.2. The fraction of sp³-hybridized carbons (Fsp3) is 0.188. The van der Waals surface area contributed by atoms with Crippen molar-refractivity contribution in [3.63, 3.8) is 0 Å². The molecule has 0 aliphatic heterocycles. The highest BCUT2D eigenvalue weighted by atomic mass is 19.4. The van der Waals surface area contributed by atoms with Crippen LogP contribution in [0.4, 0.5) is 19.0 Å². The van der Waals surface area contributed by atoms with Crippen LogP contribution >= 0.6 is 0 Å². The fourth-order valence-electron chi connectivity index (χ4n) is 2.20. The molecule has 25 heavy (non-hydrogen) atoms. The third-order valence-corrected chi connectivity index (χ3v) is 3.32. The van der Waals surface area contributed by atoms with E-state index >= 15 is 0 Å². The standard InChI is InChI=1S/C16H14F3N5O/c1-23(11-12-3-5-13(6-4-12)25-16(17,18)19)14-9-20-10-15(22-14)24-8-2-7-21-24/h2-10H,11H2,1H3. The van der Waals surface area contributed by atoms with Crippen molar-refractivity contribution in [2.24, 2.45) is 0 Å². The maximum absolute atomic E-state index is 12.2. The minimum atomic E-state index is -4.69. The van der Waals surface area contributed by atoms with Crippen LogP contribution in [0.2, 0.25) is 0 Å². The average molecular weight is 349 g/mol. The molecule has 1 aromatic carbocycles. The molecule has 0 saturated carbocycles. The summed E-state index contributed by atoms with van der Waals surface area (Å²) in [6.07, 6.45) is 1.90. The van der Waals surface area contributed by atoms with Gasteiger partial charge in [0.05, 0.1) is 12.4 Å². The molecule has 3 rings (SSSR count). The number of aromatic nitrogens is 4. The van der Waals surface area contributed by atoms with E-state index in [0.717, 1.165) is 5.56 Å². The zero-order valence-electron chi connectivity index (χ0n) is 13.2. The molecule has 9 heteroatoms. The van der Waals surface area contributed by atoms with Crippen LogP contribution in [-0.4, -0.2) is 33.2 Å². The predicted molar refractivity (Wildman–Crippen MR) is 84.4 cm³/mol. The van der Waals surface area contributed by atoms with E-state index in [4.69, 9.17) is 0 Å². The topological polar surface area (TPSA) is 56.1 Å². The Hall–Kier alpha value is -3.10. The fourth-order valence-corrected chi connectivity index (χ4v) is 2.20. The summed E-state index contributed by atoms with van der Waals surface area (Å²) < 4.78 is 42.0. The van der Waals surface area contributed by atoms with E-state index in [1.165, 1.54) is 12.1 Å². The number of anilines is 1. The second-order valence-electron chi connectivity index (χ2n) is 5.23. The number of hydrogen-bond donors (Lipinski definition) is 0. The van der Waals surface area contributed by atoms with Crippen LogP contribution in [0.5, 0.6) is 5.75 Å². The molecule has 0 unspecified atom stereocenters. The smallest absolute Gasteiger partial charge is 0.406 e. The first-order valence-corrected chi connectivity index (χ1v) is 7.28. The Kier molecular flexibility index (Phi) is 4.55. The van der Waals surface area contributed by atoms with Crippen LogP contribution in [0.3, 0.4) is 0 Å². The SMILES string of the molecule is CN(Cc1ccc(OC(F)(F)F)cc1)c1cncc(-n2cccn2)n1. The summed E-state index contributed by atoms with van der Waals surface area (Å²) in [6, 6.07) is 7.48. The first-order chi connectivity index (χ1) is 11.9. The lowest BCUT2D eigenvalue weighted by molar-refractivity contribution is -0.274. The summed E-state index contributed by atoms with van der Waals surface area (Å²) in [7, 11) is 1.82. The lowest BCUT2D eigenvalue weighted by atomic mass is 10.2. The van der Waals surface area contributed by atoms with Crippen LogP contribution in [0.25, 0.3) is 5.82 Å². The van der Waals surface area contributed by atoms with Gasteiger partial charge >= 0.3 is 6.36 Å². The Morgan fingerprint density at radius 3 is 2.56 bits per heavy atom. The minimum absolute atomic E-state index is 0.251. The number of rotatable bonds is 5. The summed E-state index contributed by atoms with van der Waals surface area (Å²) in [6.45, 7) is 0.448. The van der Waals surface area contributed by atoms with E-state index in [-0.39, 0.29) is 5.75 Å². The number of benzene rings is 1. The van der Waals surface area contributed by atoms with Gasteiger partial charge in [-0.25, -0.2) is 9.67 Å². The molecule has 0 N–H and O–H groups in total. The molecule has 0 amide bonds. The molecular weight excluding hydrogens is 335 g/mol. The zero-order chi connectivity index (χ0) is 17.9. The summed E-state index contributed by atoms with van der Waals surface area (Å²) in [5.74, 6) is 0.936. The second kappa shape index (κ2) is 6.80. The quantitative estimate of drug-likeness (QED) is 0.708. The van der Waals surface area contributed by atoms with Crippen molar-refractivity contribution in [1.29, 1.82) is 0 Å². The molecule has 0 radical (unpaired) electrons. The number of ether oxygens (including phenoxy) is 1. The maximum Gasteiger partial charge on any atom is 0.573 e. The Bertz CT molecular complexity index is 819. The number of alkyl halides is 3. The molecule has 2 aromatic heterocycles. The molecule has 0 saturated heterocycles. The molecule has 0 fully saturated rings. The largest absolute Gasteiger partial charge is 0.573 e. The van der Waals surface area contributed by atoms with Crippen molar-refractivity contribution in [3.05, 3.63) is 60.7 Å². The third kappa shape index (κ3) is 4.46. The first kappa shape index (κ1) is 16.7. The Morgan fingerprint density at radius 2 is 1.92 bits per heavy atom. The molecule has 2 heterocycles. The van der Waals surface area contributed by atoms with Crippen LogP contribution < -0.4 is 9.64 Å². The Balaban J connectivity index is 1.70. The first-order valence-electron chi connectivity index (χ1n) is 7.28. The molecule has 0 spiro atoms. The molecule has 0 aliphatic carbocycles. The van der Waals surface area contributed by atoms with E-state index in [0.29, 0.717) is 18.2 Å². The van der Waals surface area contributed by atoms with Gasteiger partial charge in [0.1, 0.15) is 11.6 Å². The normalized spacial score (nSPS) is 11.4. The number of nitrogens with zero attached hydrogens (tertiary/aromatic N) is 5. The van der Waals surface area contributed by atoms with E-state index < -0.39 is 6.36 Å². The molecule has 0 bridgehead atoms. The van der Waals surface area contributed by atoms with E-state index in [1.54, 1.807) is 47.7 Å². The Labute approximate surface area is 141 Å². The minimum Gasteiger partial charge on any atom is -0.406 e. The van der Waals surface area contributed by atoms with Gasteiger partial charge in [0, 0.05) is 26.0 Å². The predicted octanol–water partition coefficient (Wildman–Crippen LogP) is 3.20. The number of hydrogen-bond acceptors (Lipinski definition) is 5. The molecule has 3 aromatic rings. The molecular formula is C16H14F3N5O. The van der Waals surface area contributed by atoms with Crippen LogP contribution in [0.1, 0.15) is 5.56 Å².